The molecule has 0 spiro atoms. The van der Waals surface area contributed by atoms with Crippen LogP contribution in [0.15, 0.2) is 17.4 Å². The Morgan fingerprint density at radius 2 is 1.24 bits per heavy atom. The van der Waals surface area contributed by atoms with E-state index in [0.29, 0.717) is 75.6 Å². The van der Waals surface area contributed by atoms with Crippen LogP contribution in [0.4, 0.5) is 11.9 Å². The second kappa shape index (κ2) is 16.6. The molecule has 6 rings (SSSR count). The van der Waals surface area contributed by atoms with E-state index in [1.165, 1.54) is 6.33 Å². The number of aromatic amines is 1. The molecule has 2 fully saturated rings. The van der Waals surface area contributed by atoms with Gasteiger partial charge >= 0.3 is 15.2 Å². The number of H-pyrrole nitrogens is 1. The fourth-order valence-electron chi connectivity index (χ4n) is 5.84. The van der Waals surface area contributed by atoms with E-state index in [9.17, 15) is 13.9 Å². The van der Waals surface area contributed by atoms with Gasteiger partial charge in [-0.15, -0.1) is 0 Å². The van der Waals surface area contributed by atoms with Crippen molar-refractivity contribution in [3.8, 4) is 0 Å². The molecule has 0 unspecified atom stereocenters. The quantitative estimate of drug-likeness (QED) is 0.120. The maximum atomic E-state index is 12.8. The summed E-state index contributed by atoms with van der Waals surface area (Å²) in [5.74, 6) is -1.03. The number of nitrogens with two attached hydrogens (primary N) is 2. The van der Waals surface area contributed by atoms with Crippen LogP contribution in [0.1, 0.15) is 53.4 Å². The lowest BCUT2D eigenvalue weighted by Gasteiger charge is -2.23. The number of ether oxygens (including phenoxy) is 2. The normalized spacial score (nSPS) is 21.2. The Hall–Kier alpha value is -2.99. The highest BCUT2D eigenvalue weighted by molar-refractivity contribution is 7.54. The van der Waals surface area contributed by atoms with E-state index in [1.54, 1.807) is 43.2 Å². The van der Waals surface area contributed by atoms with Crippen LogP contribution in [0.5, 0.6) is 0 Å². The monoisotopic (exact) mass is 760 g/mol. The Morgan fingerprint density at radius 1 is 0.780 bits per heavy atom. The fraction of sp³-hybridized carbons (Fsp3) is 0.643. The van der Waals surface area contributed by atoms with E-state index in [1.807, 2.05) is 0 Å². The van der Waals surface area contributed by atoms with Crippen molar-refractivity contribution in [3.63, 3.8) is 0 Å². The first-order valence-electron chi connectivity index (χ1n) is 16.4. The third-order valence-electron chi connectivity index (χ3n) is 7.84. The van der Waals surface area contributed by atoms with Gasteiger partial charge in [-0.1, -0.05) is 11.6 Å². The molecule has 50 heavy (non-hydrogen) atoms. The van der Waals surface area contributed by atoms with Crippen LogP contribution in [-0.2, 0) is 49.8 Å². The minimum absolute atomic E-state index is 0.0293. The minimum Gasteiger partial charge on any atom is -0.369 e. The highest BCUT2D eigenvalue weighted by atomic mass is 35.5. The van der Waals surface area contributed by atoms with Crippen molar-refractivity contribution in [1.29, 1.82) is 0 Å². The summed E-state index contributed by atoms with van der Waals surface area (Å²) in [6.07, 6.45) is 5.36. The molecule has 4 aromatic rings. The maximum absolute atomic E-state index is 12.8. The third-order valence-corrected chi connectivity index (χ3v) is 12.8. The average Bonchev–Trinajstić information content (AvgIpc) is 3.87. The number of imidazole rings is 2. The third kappa shape index (κ3) is 8.54. The van der Waals surface area contributed by atoms with E-state index < -0.39 is 26.9 Å². The number of hydrogen-bond donors (Lipinski definition) is 3. The number of rotatable bonds is 14. The Balaban J connectivity index is 0.000000194. The summed E-state index contributed by atoms with van der Waals surface area (Å²) in [7, 11) is -6.57. The molecule has 2 aliphatic rings. The summed E-state index contributed by atoms with van der Waals surface area (Å²) < 4.78 is 62.4. The van der Waals surface area contributed by atoms with Crippen molar-refractivity contribution < 1.29 is 36.7 Å². The first-order chi connectivity index (χ1) is 23.9. The van der Waals surface area contributed by atoms with Crippen LogP contribution in [0, 0.1) is 0 Å². The van der Waals surface area contributed by atoms with E-state index in [2.05, 4.69) is 29.9 Å². The molecule has 0 amide bonds. The lowest BCUT2D eigenvalue weighted by atomic mass is 10.2. The van der Waals surface area contributed by atoms with Gasteiger partial charge < -0.3 is 48.2 Å². The van der Waals surface area contributed by atoms with Gasteiger partial charge in [0.05, 0.1) is 64.4 Å². The van der Waals surface area contributed by atoms with Crippen molar-refractivity contribution in [2.75, 3.05) is 37.9 Å². The minimum atomic E-state index is -3.30. The van der Waals surface area contributed by atoms with Gasteiger partial charge in [-0.3, -0.25) is 18.9 Å². The summed E-state index contributed by atoms with van der Waals surface area (Å²) in [4.78, 5) is 34.7. The molecule has 19 nitrogen and oxygen atoms in total. The molecule has 4 aromatic heterocycles. The van der Waals surface area contributed by atoms with Gasteiger partial charge in [-0.05, 0) is 53.4 Å². The van der Waals surface area contributed by atoms with Gasteiger partial charge in [0.2, 0.25) is 11.9 Å². The van der Waals surface area contributed by atoms with Gasteiger partial charge in [0.25, 0.3) is 5.56 Å². The molecule has 0 bridgehead atoms. The molecule has 4 atom stereocenters. The van der Waals surface area contributed by atoms with Crippen molar-refractivity contribution in [2.24, 2.45) is 0 Å². The number of aromatic nitrogens is 8. The van der Waals surface area contributed by atoms with Gasteiger partial charge in [0.1, 0.15) is 5.52 Å². The second-order valence-electron chi connectivity index (χ2n) is 11.3. The van der Waals surface area contributed by atoms with Crippen molar-refractivity contribution in [2.45, 2.75) is 90.4 Å². The van der Waals surface area contributed by atoms with Gasteiger partial charge in [-0.2, -0.15) is 15.0 Å². The lowest BCUT2D eigenvalue weighted by molar-refractivity contribution is 0.0520. The maximum Gasteiger partial charge on any atom is 0.359 e. The summed E-state index contributed by atoms with van der Waals surface area (Å²) in [5, 5.41) is 0.212. The SMILES string of the molecule is CCOP(=O)(OCC)[C@@H]1CC[C@@H](Cn2cnc3c(=O)[nH]c(N)nc32)O1.CCOP(=O)(OCC)[C@@H]1CC[C@@H](Cn2cnc3c(Cl)nc(N)nc32)O1. The average molecular weight is 761 g/mol. The van der Waals surface area contributed by atoms with E-state index in [-0.39, 0.29) is 40.3 Å². The topological polar surface area (TPSA) is 249 Å². The molecule has 2 aliphatic heterocycles. The Morgan fingerprint density at radius 3 is 1.72 bits per heavy atom. The number of nitrogens with one attached hydrogen (secondary N) is 1. The number of anilines is 2. The first-order valence-corrected chi connectivity index (χ1v) is 20.0. The molecule has 276 valence electrons. The molecule has 0 saturated carbocycles. The van der Waals surface area contributed by atoms with Crippen LogP contribution < -0.4 is 17.0 Å². The summed E-state index contributed by atoms with van der Waals surface area (Å²) >= 11 is 6.04. The zero-order chi connectivity index (χ0) is 36.1. The molecule has 0 aliphatic carbocycles. The standard InChI is InChI=1S/C14H21ClN5O4P.C14H22N5O5P/c1-3-22-25(21,23-4-2)10-6-5-9(24-10)7-20-8-17-11-12(15)18-14(16)19-13(11)20;1-3-22-25(21,23-4-2)10-6-5-9(24-10)7-19-8-16-11-12(19)17-14(15)18-13(11)20/h8-10H,3-7H2,1-2H3,(H2,16,18,19);8-10H,3-7H2,1-2H3,(H3,15,17,18,20)/t2*9-,10+/m00/s1. The van der Waals surface area contributed by atoms with E-state index in [0.717, 1.165) is 6.42 Å². The highest BCUT2D eigenvalue weighted by Crippen LogP contribution is 2.58. The summed E-state index contributed by atoms with van der Waals surface area (Å²) in [6.45, 7) is 9.20. The molecule has 6 heterocycles. The van der Waals surface area contributed by atoms with Crippen LogP contribution in [0.25, 0.3) is 22.3 Å². The van der Waals surface area contributed by atoms with Crippen molar-refractivity contribution in [3.05, 3.63) is 28.2 Å². The van der Waals surface area contributed by atoms with Crippen LogP contribution in [0.2, 0.25) is 5.15 Å². The van der Waals surface area contributed by atoms with Gasteiger partial charge in [0.15, 0.2) is 33.7 Å². The number of nitrogen functional groups attached to an aromatic ring is 2. The van der Waals surface area contributed by atoms with Crippen molar-refractivity contribution >= 4 is 61.0 Å². The number of fused-ring (bicyclic) bond motifs is 2. The predicted molar refractivity (Wildman–Crippen MR) is 185 cm³/mol. The fourth-order valence-corrected chi connectivity index (χ4v) is 9.88. The molecular formula is C28H43ClN10O9P2. The van der Waals surface area contributed by atoms with E-state index >= 15 is 0 Å². The zero-order valence-electron chi connectivity index (χ0n) is 28.3. The largest absolute Gasteiger partial charge is 0.369 e. The van der Waals surface area contributed by atoms with Crippen LogP contribution in [-0.4, -0.2) is 89.4 Å². The smallest absolute Gasteiger partial charge is 0.359 e. The Kier molecular flexibility index (Phi) is 12.7. The molecule has 0 aromatic carbocycles. The van der Waals surface area contributed by atoms with Crippen LogP contribution in [0.3, 0.4) is 0 Å². The van der Waals surface area contributed by atoms with E-state index in [4.69, 9.17) is 50.6 Å². The molecule has 2 saturated heterocycles. The Labute approximate surface area is 292 Å². The number of hydrogen-bond acceptors (Lipinski definition) is 16. The number of nitrogens with zero attached hydrogens (tertiary/aromatic N) is 7. The highest BCUT2D eigenvalue weighted by Gasteiger charge is 2.43. The molecular weight excluding hydrogens is 718 g/mol. The lowest BCUT2D eigenvalue weighted by Crippen LogP contribution is -2.19. The predicted octanol–water partition coefficient (Wildman–Crippen LogP) is 4.31. The van der Waals surface area contributed by atoms with Gasteiger partial charge in [0, 0.05) is 0 Å². The summed E-state index contributed by atoms with van der Waals surface area (Å²) in [5.41, 5.74) is 12.5. The zero-order valence-corrected chi connectivity index (χ0v) is 30.8. The molecule has 22 heteroatoms. The molecule has 5 N–H and O–H groups in total. The summed E-state index contributed by atoms with van der Waals surface area (Å²) in [6, 6.07) is 0. The first kappa shape index (κ1) is 38.2. The van der Waals surface area contributed by atoms with Gasteiger partial charge in [-0.25, -0.2) is 9.97 Å². The number of halogens is 1. The molecule has 0 radical (unpaired) electrons. The van der Waals surface area contributed by atoms with Crippen LogP contribution >= 0.6 is 26.8 Å². The van der Waals surface area contributed by atoms with Crippen molar-refractivity contribution in [1.82, 2.24) is 39.0 Å². The second-order valence-corrected chi connectivity index (χ2v) is 16.0. The Bertz CT molecular complexity index is 1900.